The first-order valence-corrected chi connectivity index (χ1v) is 7.55. The summed E-state index contributed by atoms with van der Waals surface area (Å²) in [5.41, 5.74) is 2.55. The molecule has 1 unspecified atom stereocenters. The van der Waals surface area contributed by atoms with Crippen molar-refractivity contribution in [2.75, 3.05) is 11.9 Å². The average Bonchev–Trinajstić information content (AvgIpc) is 3.17. The fourth-order valence-electron chi connectivity index (χ4n) is 3.24. The largest absolute Gasteiger partial charge is 0.453 e. The number of fused-ring (bicyclic) bond motifs is 2. The van der Waals surface area contributed by atoms with Gasteiger partial charge >= 0.3 is 6.18 Å². The van der Waals surface area contributed by atoms with Crippen LogP contribution in [0, 0.1) is 0 Å². The first kappa shape index (κ1) is 14.9. The number of benzene rings is 1. The minimum atomic E-state index is -4.59. The van der Waals surface area contributed by atoms with Crippen molar-refractivity contribution < 1.29 is 13.2 Å². The van der Waals surface area contributed by atoms with Gasteiger partial charge in [-0.05, 0) is 36.1 Å². The standard InChI is InChI=1S/C16H14F3N5/c1-23(12-7-6-10-4-2-3-5-11(10)12)14-9-8-13-20-21-15(16(17,18)19)24(13)22-14/h2-5,8-9,12H,6-7H2,1H3. The molecule has 4 rings (SSSR count). The lowest BCUT2D eigenvalue weighted by atomic mass is 10.1. The molecular weight excluding hydrogens is 319 g/mol. The van der Waals surface area contributed by atoms with Crippen LogP contribution in [0.2, 0.25) is 0 Å². The number of hydrogen-bond donors (Lipinski definition) is 0. The number of anilines is 1. The molecule has 0 fully saturated rings. The molecule has 1 atom stereocenters. The molecule has 124 valence electrons. The molecule has 2 heterocycles. The van der Waals surface area contributed by atoms with Crippen molar-refractivity contribution in [1.29, 1.82) is 0 Å². The van der Waals surface area contributed by atoms with Crippen LogP contribution >= 0.6 is 0 Å². The number of halogens is 3. The minimum absolute atomic E-state index is 0.0753. The second-order valence-corrected chi connectivity index (χ2v) is 5.85. The number of aryl methyl sites for hydroxylation is 1. The Kier molecular flexibility index (Phi) is 3.22. The fraction of sp³-hybridized carbons (Fsp3) is 0.312. The van der Waals surface area contributed by atoms with Crippen molar-refractivity contribution in [1.82, 2.24) is 19.8 Å². The molecular formula is C16H14F3N5. The zero-order chi connectivity index (χ0) is 16.9. The molecule has 2 aromatic heterocycles. The molecule has 0 saturated heterocycles. The maximum Gasteiger partial charge on any atom is 0.453 e. The third-order valence-electron chi connectivity index (χ3n) is 4.43. The molecule has 3 aromatic rings. The van der Waals surface area contributed by atoms with Crippen LogP contribution in [0.4, 0.5) is 19.0 Å². The third-order valence-corrected chi connectivity index (χ3v) is 4.43. The SMILES string of the molecule is CN(c1ccc2nnc(C(F)(F)F)n2n1)C1CCc2ccccc21. The summed E-state index contributed by atoms with van der Waals surface area (Å²) in [6.07, 6.45) is -2.73. The van der Waals surface area contributed by atoms with Gasteiger partial charge in [-0.3, -0.25) is 0 Å². The predicted octanol–water partition coefficient (Wildman–Crippen LogP) is 3.27. The first-order valence-electron chi connectivity index (χ1n) is 7.55. The Bertz CT molecular complexity index is 902. The maximum absolute atomic E-state index is 13.0. The van der Waals surface area contributed by atoms with Gasteiger partial charge in [-0.2, -0.15) is 17.7 Å². The van der Waals surface area contributed by atoms with Crippen LogP contribution in [0.1, 0.15) is 29.4 Å². The van der Waals surface area contributed by atoms with E-state index >= 15 is 0 Å². The monoisotopic (exact) mass is 333 g/mol. The highest BCUT2D eigenvalue weighted by atomic mass is 19.4. The van der Waals surface area contributed by atoms with Crippen molar-refractivity contribution in [3.05, 3.63) is 53.3 Å². The first-order chi connectivity index (χ1) is 11.4. The van der Waals surface area contributed by atoms with Gasteiger partial charge in [-0.25, -0.2) is 0 Å². The van der Waals surface area contributed by atoms with Crippen molar-refractivity contribution in [2.24, 2.45) is 0 Å². The van der Waals surface area contributed by atoms with Crippen LogP contribution in [0.15, 0.2) is 36.4 Å². The highest BCUT2D eigenvalue weighted by molar-refractivity contribution is 5.49. The van der Waals surface area contributed by atoms with E-state index in [9.17, 15) is 13.2 Å². The Labute approximate surface area is 135 Å². The van der Waals surface area contributed by atoms with E-state index in [0.717, 1.165) is 17.4 Å². The van der Waals surface area contributed by atoms with Crippen LogP contribution in [0.25, 0.3) is 5.65 Å². The zero-order valence-corrected chi connectivity index (χ0v) is 12.8. The zero-order valence-electron chi connectivity index (χ0n) is 12.8. The summed E-state index contributed by atoms with van der Waals surface area (Å²) in [4.78, 5) is 1.91. The van der Waals surface area contributed by atoms with E-state index in [1.807, 2.05) is 24.1 Å². The molecule has 5 nitrogen and oxygen atoms in total. The number of nitrogens with zero attached hydrogens (tertiary/aromatic N) is 5. The van der Waals surface area contributed by atoms with E-state index in [1.165, 1.54) is 17.2 Å². The molecule has 0 amide bonds. The molecule has 0 saturated carbocycles. The Hall–Kier alpha value is -2.64. The summed E-state index contributed by atoms with van der Waals surface area (Å²) in [6, 6.07) is 11.4. The highest BCUT2D eigenvalue weighted by Gasteiger charge is 2.38. The lowest BCUT2D eigenvalue weighted by Gasteiger charge is -2.26. The van der Waals surface area contributed by atoms with Gasteiger partial charge in [0, 0.05) is 7.05 Å². The van der Waals surface area contributed by atoms with Gasteiger partial charge in [-0.15, -0.1) is 15.3 Å². The lowest BCUT2D eigenvalue weighted by molar-refractivity contribution is -0.146. The van der Waals surface area contributed by atoms with Crippen LogP contribution in [0.3, 0.4) is 0 Å². The number of hydrogen-bond acceptors (Lipinski definition) is 4. The maximum atomic E-state index is 13.0. The summed E-state index contributed by atoms with van der Waals surface area (Å²) in [6.45, 7) is 0. The molecule has 0 N–H and O–H groups in total. The normalized spacial score (nSPS) is 17.2. The quantitative estimate of drug-likeness (QED) is 0.722. The second-order valence-electron chi connectivity index (χ2n) is 5.85. The molecule has 0 spiro atoms. The predicted molar refractivity (Wildman–Crippen MR) is 81.7 cm³/mol. The third kappa shape index (κ3) is 2.29. The van der Waals surface area contributed by atoms with Gasteiger partial charge in [-0.1, -0.05) is 24.3 Å². The molecule has 0 radical (unpaired) electrons. The summed E-state index contributed by atoms with van der Waals surface area (Å²) in [7, 11) is 1.85. The molecule has 0 bridgehead atoms. The van der Waals surface area contributed by atoms with Crippen molar-refractivity contribution in [2.45, 2.75) is 25.1 Å². The van der Waals surface area contributed by atoms with Gasteiger partial charge < -0.3 is 4.90 Å². The highest BCUT2D eigenvalue weighted by Crippen LogP contribution is 2.37. The topological polar surface area (TPSA) is 46.3 Å². The minimum Gasteiger partial charge on any atom is -0.351 e. The Balaban J connectivity index is 1.74. The van der Waals surface area contributed by atoms with Crippen LogP contribution < -0.4 is 4.90 Å². The number of alkyl halides is 3. The average molecular weight is 333 g/mol. The number of rotatable bonds is 2. The van der Waals surface area contributed by atoms with Crippen molar-refractivity contribution >= 4 is 11.5 Å². The van der Waals surface area contributed by atoms with Gasteiger partial charge in [0.2, 0.25) is 0 Å². The summed E-state index contributed by atoms with van der Waals surface area (Å²) in [5.74, 6) is -0.658. The van der Waals surface area contributed by atoms with Crippen LogP contribution in [-0.4, -0.2) is 26.9 Å². The van der Waals surface area contributed by atoms with Gasteiger partial charge in [0.15, 0.2) is 5.65 Å². The number of aromatic nitrogens is 4. The summed E-state index contributed by atoms with van der Waals surface area (Å²) in [5, 5.41) is 10.9. The van der Waals surface area contributed by atoms with Gasteiger partial charge in [0.1, 0.15) is 5.82 Å². The van der Waals surface area contributed by atoms with E-state index in [2.05, 4.69) is 27.4 Å². The van der Waals surface area contributed by atoms with Crippen LogP contribution in [-0.2, 0) is 12.6 Å². The van der Waals surface area contributed by atoms with E-state index in [1.54, 1.807) is 6.07 Å². The molecule has 1 aliphatic rings. The van der Waals surface area contributed by atoms with Crippen molar-refractivity contribution in [3.8, 4) is 0 Å². The van der Waals surface area contributed by atoms with Crippen molar-refractivity contribution in [3.63, 3.8) is 0 Å². The van der Waals surface area contributed by atoms with E-state index < -0.39 is 12.0 Å². The van der Waals surface area contributed by atoms with Gasteiger partial charge in [0.25, 0.3) is 5.82 Å². The summed E-state index contributed by atoms with van der Waals surface area (Å²) >= 11 is 0. The fourth-order valence-corrected chi connectivity index (χ4v) is 3.24. The second kappa shape index (κ2) is 5.19. The molecule has 1 aromatic carbocycles. The summed E-state index contributed by atoms with van der Waals surface area (Å²) < 4.78 is 39.8. The Morgan fingerprint density at radius 2 is 1.92 bits per heavy atom. The Morgan fingerprint density at radius 1 is 1.12 bits per heavy atom. The van der Waals surface area contributed by atoms with E-state index in [-0.39, 0.29) is 11.7 Å². The van der Waals surface area contributed by atoms with Gasteiger partial charge in [0.05, 0.1) is 6.04 Å². The lowest BCUT2D eigenvalue weighted by Crippen LogP contribution is -2.24. The molecule has 0 aliphatic heterocycles. The molecule has 8 heteroatoms. The van der Waals surface area contributed by atoms with E-state index in [4.69, 9.17) is 0 Å². The smallest absolute Gasteiger partial charge is 0.351 e. The Morgan fingerprint density at radius 3 is 2.71 bits per heavy atom. The van der Waals surface area contributed by atoms with Crippen LogP contribution in [0.5, 0.6) is 0 Å². The molecule has 1 aliphatic carbocycles. The van der Waals surface area contributed by atoms with E-state index in [0.29, 0.717) is 5.82 Å². The molecule has 24 heavy (non-hydrogen) atoms.